The molecule has 0 bridgehead atoms. The molecule has 0 amide bonds. The molecule has 0 aromatic heterocycles. The molecule has 0 radical (unpaired) electrons. The van der Waals surface area contributed by atoms with Gasteiger partial charge in [-0.25, -0.2) is 0 Å². The Morgan fingerprint density at radius 1 is 1.04 bits per heavy atom. The second-order valence-electron chi connectivity index (χ2n) is 7.49. The number of phenolic OH excluding ortho intramolecular Hbond substituents is 1. The van der Waals surface area contributed by atoms with Crippen LogP contribution in [0.3, 0.4) is 0 Å². The Morgan fingerprint density at radius 2 is 1.79 bits per heavy atom. The predicted octanol–water partition coefficient (Wildman–Crippen LogP) is 6.04. The minimum Gasteiger partial charge on any atom is -0.507 e. The molecule has 1 aliphatic heterocycles. The van der Waals surface area contributed by atoms with Gasteiger partial charge in [0, 0.05) is 5.56 Å². The van der Waals surface area contributed by atoms with Gasteiger partial charge in [0.15, 0.2) is 0 Å². The van der Waals surface area contributed by atoms with Crippen LogP contribution in [0.15, 0.2) is 24.3 Å². The van der Waals surface area contributed by atoms with Crippen LogP contribution in [0.25, 0.3) is 11.1 Å². The number of hydrogen-bond acceptors (Lipinski definition) is 2. The zero-order chi connectivity index (χ0) is 17.5. The summed E-state index contributed by atoms with van der Waals surface area (Å²) in [4.78, 5) is 0. The minimum atomic E-state index is -0.394. The third-order valence-electron chi connectivity index (χ3n) is 5.21. The first-order valence-corrected chi connectivity index (χ1v) is 9.01. The highest BCUT2D eigenvalue weighted by Crippen LogP contribution is 2.51. The van der Waals surface area contributed by atoms with Gasteiger partial charge in [0.1, 0.15) is 17.1 Å². The zero-order valence-corrected chi connectivity index (χ0v) is 15.5. The third-order valence-corrected chi connectivity index (χ3v) is 5.21. The zero-order valence-electron chi connectivity index (χ0n) is 15.5. The topological polar surface area (TPSA) is 29.5 Å². The van der Waals surface area contributed by atoms with Gasteiger partial charge in [0.05, 0.1) is 5.56 Å². The van der Waals surface area contributed by atoms with Gasteiger partial charge in [-0.1, -0.05) is 31.9 Å². The second kappa shape index (κ2) is 6.16. The molecule has 2 nitrogen and oxygen atoms in total. The number of unbranched alkanes of at least 4 members (excludes halogenated alkanes) is 2. The Morgan fingerprint density at radius 3 is 2.50 bits per heavy atom. The highest BCUT2D eigenvalue weighted by Gasteiger charge is 2.35. The molecular weight excluding hydrogens is 296 g/mol. The van der Waals surface area contributed by atoms with Crippen molar-refractivity contribution in [2.24, 2.45) is 0 Å². The van der Waals surface area contributed by atoms with E-state index in [4.69, 9.17) is 4.74 Å². The lowest BCUT2D eigenvalue weighted by Crippen LogP contribution is -2.30. The highest BCUT2D eigenvalue weighted by atomic mass is 16.5. The average Bonchev–Trinajstić information content (AvgIpc) is 2.50. The number of ether oxygens (including phenoxy) is 1. The molecule has 1 N–H and O–H groups in total. The van der Waals surface area contributed by atoms with Crippen LogP contribution in [-0.2, 0) is 12.0 Å². The molecule has 2 aromatic rings. The molecule has 0 fully saturated rings. The summed E-state index contributed by atoms with van der Waals surface area (Å²) in [7, 11) is 0. The van der Waals surface area contributed by atoms with Crippen LogP contribution in [0, 0.1) is 13.8 Å². The first-order valence-electron chi connectivity index (χ1n) is 9.01. The van der Waals surface area contributed by atoms with Gasteiger partial charge in [-0.15, -0.1) is 0 Å². The Kier molecular flexibility index (Phi) is 4.33. The van der Waals surface area contributed by atoms with Gasteiger partial charge in [0.25, 0.3) is 0 Å². The maximum Gasteiger partial charge on any atom is 0.132 e. The van der Waals surface area contributed by atoms with E-state index in [2.05, 4.69) is 52.8 Å². The number of benzene rings is 2. The van der Waals surface area contributed by atoms with Crippen molar-refractivity contribution in [2.45, 2.75) is 65.9 Å². The van der Waals surface area contributed by atoms with Gasteiger partial charge in [0.2, 0.25) is 0 Å². The molecule has 2 heteroatoms. The molecule has 0 aliphatic carbocycles. The molecule has 0 saturated carbocycles. The molecule has 0 atom stereocenters. The van der Waals surface area contributed by atoms with Crippen molar-refractivity contribution in [3.8, 4) is 22.6 Å². The number of hydrogen-bond donors (Lipinski definition) is 1. The number of fused-ring (bicyclic) bond motifs is 3. The lowest BCUT2D eigenvalue weighted by Gasteiger charge is -2.36. The fraction of sp³-hybridized carbons (Fsp3) is 0.455. The van der Waals surface area contributed by atoms with Gasteiger partial charge in [-0.2, -0.15) is 0 Å². The van der Waals surface area contributed by atoms with E-state index < -0.39 is 5.60 Å². The largest absolute Gasteiger partial charge is 0.507 e. The summed E-state index contributed by atoms with van der Waals surface area (Å²) in [5.74, 6) is 1.15. The summed E-state index contributed by atoms with van der Waals surface area (Å²) >= 11 is 0. The van der Waals surface area contributed by atoms with Crippen LogP contribution in [0.2, 0.25) is 0 Å². The molecule has 24 heavy (non-hydrogen) atoms. The van der Waals surface area contributed by atoms with Crippen molar-refractivity contribution < 1.29 is 9.84 Å². The van der Waals surface area contributed by atoms with E-state index >= 15 is 0 Å². The van der Waals surface area contributed by atoms with Crippen LogP contribution in [0.1, 0.15) is 62.3 Å². The van der Waals surface area contributed by atoms with Gasteiger partial charge in [-0.3, -0.25) is 0 Å². The molecule has 128 valence electrons. The molecule has 1 aliphatic rings. The summed E-state index contributed by atoms with van der Waals surface area (Å²) < 4.78 is 6.31. The predicted molar refractivity (Wildman–Crippen MR) is 99.9 cm³/mol. The highest BCUT2D eigenvalue weighted by molar-refractivity contribution is 5.84. The van der Waals surface area contributed by atoms with E-state index in [1.165, 1.54) is 24.0 Å². The fourth-order valence-corrected chi connectivity index (χ4v) is 3.68. The Balaban J connectivity index is 2.15. The lowest BCUT2D eigenvalue weighted by atomic mass is 9.81. The Labute approximate surface area is 145 Å². The van der Waals surface area contributed by atoms with Crippen LogP contribution in [-0.4, -0.2) is 5.11 Å². The monoisotopic (exact) mass is 324 g/mol. The van der Waals surface area contributed by atoms with Crippen molar-refractivity contribution in [1.29, 1.82) is 0 Å². The summed E-state index contributed by atoms with van der Waals surface area (Å²) in [5, 5.41) is 10.7. The van der Waals surface area contributed by atoms with Crippen LogP contribution >= 0.6 is 0 Å². The van der Waals surface area contributed by atoms with E-state index in [-0.39, 0.29) is 0 Å². The smallest absolute Gasteiger partial charge is 0.132 e. The van der Waals surface area contributed by atoms with E-state index in [1.54, 1.807) is 0 Å². The number of rotatable bonds is 4. The number of phenols is 1. The maximum absolute atomic E-state index is 10.7. The van der Waals surface area contributed by atoms with Gasteiger partial charge in [-0.05, 0) is 74.9 Å². The second-order valence-corrected chi connectivity index (χ2v) is 7.49. The van der Waals surface area contributed by atoms with Crippen LogP contribution in [0.5, 0.6) is 11.5 Å². The van der Waals surface area contributed by atoms with Gasteiger partial charge < -0.3 is 9.84 Å². The molecule has 0 unspecified atom stereocenters. The van der Waals surface area contributed by atoms with E-state index in [1.807, 2.05) is 6.07 Å². The normalized spacial score (nSPS) is 14.7. The molecule has 2 aromatic carbocycles. The average molecular weight is 324 g/mol. The third kappa shape index (κ3) is 2.79. The van der Waals surface area contributed by atoms with Crippen molar-refractivity contribution in [3.05, 3.63) is 46.5 Å². The molecule has 0 saturated heterocycles. The standard InChI is InChI=1S/C22H28O2/c1-6-7-8-9-16-12-18(23)21-19(13-16)24-22(4,5)17-11-10-14(2)15(3)20(17)21/h10-13,23H,6-9H2,1-5H3. The van der Waals surface area contributed by atoms with Crippen LogP contribution < -0.4 is 4.74 Å². The van der Waals surface area contributed by atoms with Crippen molar-refractivity contribution in [3.63, 3.8) is 0 Å². The maximum atomic E-state index is 10.7. The fourth-order valence-electron chi connectivity index (χ4n) is 3.68. The van der Waals surface area contributed by atoms with Gasteiger partial charge >= 0.3 is 0 Å². The number of aryl methyl sites for hydroxylation is 2. The lowest BCUT2D eigenvalue weighted by molar-refractivity contribution is 0.105. The van der Waals surface area contributed by atoms with Crippen molar-refractivity contribution >= 4 is 0 Å². The van der Waals surface area contributed by atoms with E-state index in [9.17, 15) is 5.11 Å². The van der Waals surface area contributed by atoms with Crippen LogP contribution in [0.4, 0.5) is 0 Å². The first-order chi connectivity index (χ1) is 11.3. The minimum absolute atomic E-state index is 0.337. The van der Waals surface area contributed by atoms with Crippen molar-refractivity contribution in [2.75, 3.05) is 0 Å². The molecule has 1 heterocycles. The van der Waals surface area contributed by atoms with E-state index in [0.717, 1.165) is 40.8 Å². The first kappa shape index (κ1) is 16.9. The van der Waals surface area contributed by atoms with Crippen molar-refractivity contribution in [1.82, 2.24) is 0 Å². The Hall–Kier alpha value is -1.96. The summed E-state index contributed by atoms with van der Waals surface area (Å²) in [6.45, 7) is 10.7. The molecular formula is C22H28O2. The SMILES string of the molecule is CCCCCc1cc(O)c2c(c1)OC(C)(C)c1ccc(C)c(C)c1-2. The molecule has 3 rings (SSSR count). The summed E-state index contributed by atoms with van der Waals surface area (Å²) in [5.41, 5.74) is 6.36. The summed E-state index contributed by atoms with van der Waals surface area (Å²) in [6.07, 6.45) is 4.54. The summed E-state index contributed by atoms with van der Waals surface area (Å²) in [6, 6.07) is 8.31. The van der Waals surface area contributed by atoms with E-state index in [0.29, 0.717) is 5.75 Å². The Bertz CT molecular complexity index is 772. The quantitative estimate of drug-likeness (QED) is 0.695. The molecule has 0 spiro atoms. The number of aromatic hydroxyl groups is 1.